The second kappa shape index (κ2) is 19.8. The van der Waals surface area contributed by atoms with E-state index in [0.29, 0.717) is 25.8 Å². The topological polar surface area (TPSA) is 105 Å². The number of unbranched alkanes of at least 4 members (excludes halogenated alkanes) is 12. The van der Waals surface area contributed by atoms with Gasteiger partial charge in [-0.15, -0.1) is 0 Å². The van der Waals surface area contributed by atoms with Crippen molar-refractivity contribution < 1.29 is 24.2 Å². The number of carboxylic acid groups (broad SMARTS) is 1. The molecule has 7 heteroatoms. The van der Waals surface area contributed by atoms with Gasteiger partial charge in [-0.2, -0.15) is 0 Å². The predicted octanol–water partition coefficient (Wildman–Crippen LogP) is 8.36. The molecular formula is C36H52N2O5. The highest BCUT2D eigenvalue weighted by molar-refractivity contribution is 5.81. The summed E-state index contributed by atoms with van der Waals surface area (Å²) >= 11 is 0. The fourth-order valence-corrected chi connectivity index (χ4v) is 5.96. The number of carbonyl (C=O) groups is 3. The summed E-state index contributed by atoms with van der Waals surface area (Å²) in [6.07, 6.45) is 16.5. The summed E-state index contributed by atoms with van der Waals surface area (Å²) in [5.41, 5.74) is 4.48. The standard InChI is InChI=1S/C36H52N2O5/c1-2-3-4-5-6-7-8-9-10-11-12-13-25-34(39)37-26-19-18-24-33(35(40)41)38-36(42)43-27-32-30-22-16-14-20-28(30)29-21-15-17-23-31(29)32/h14-17,20-23,32-33H,2-13,18-19,24-27H2,1H3,(H,37,39)(H,38,42)(H,40,41). The minimum Gasteiger partial charge on any atom is -0.480 e. The largest absolute Gasteiger partial charge is 0.480 e. The van der Waals surface area contributed by atoms with Gasteiger partial charge in [0.1, 0.15) is 12.6 Å². The third-order valence-electron chi connectivity index (χ3n) is 8.43. The van der Waals surface area contributed by atoms with Gasteiger partial charge in [-0.3, -0.25) is 4.79 Å². The summed E-state index contributed by atoms with van der Waals surface area (Å²) < 4.78 is 5.50. The zero-order chi connectivity index (χ0) is 30.7. The summed E-state index contributed by atoms with van der Waals surface area (Å²) in [6.45, 7) is 2.90. The first kappa shape index (κ1) is 34.1. The van der Waals surface area contributed by atoms with E-state index in [2.05, 4.69) is 29.7 Å². The molecule has 1 unspecified atom stereocenters. The molecule has 3 N–H and O–H groups in total. The summed E-state index contributed by atoms with van der Waals surface area (Å²) in [7, 11) is 0. The number of amides is 2. The number of benzene rings is 2. The first-order valence-electron chi connectivity index (χ1n) is 16.6. The molecule has 2 amide bonds. The van der Waals surface area contributed by atoms with E-state index in [-0.39, 0.29) is 24.9 Å². The van der Waals surface area contributed by atoms with Gasteiger partial charge in [0, 0.05) is 18.9 Å². The molecule has 2 aromatic rings. The molecular weight excluding hydrogens is 540 g/mol. The third-order valence-corrected chi connectivity index (χ3v) is 8.43. The van der Waals surface area contributed by atoms with Gasteiger partial charge in [-0.25, -0.2) is 9.59 Å². The molecule has 0 radical (unpaired) electrons. The molecule has 1 aliphatic rings. The van der Waals surface area contributed by atoms with Crippen LogP contribution in [0, 0.1) is 0 Å². The highest BCUT2D eigenvalue weighted by Gasteiger charge is 2.29. The van der Waals surface area contributed by atoms with E-state index in [1.54, 1.807) is 0 Å². The molecule has 0 heterocycles. The van der Waals surface area contributed by atoms with Crippen LogP contribution in [0.1, 0.15) is 127 Å². The summed E-state index contributed by atoms with van der Waals surface area (Å²) in [4.78, 5) is 36.4. The van der Waals surface area contributed by atoms with Crippen LogP contribution in [0.25, 0.3) is 11.1 Å². The molecule has 0 bridgehead atoms. The van der Waals surface area contributed by atoms with Crippen molar-refractivity contribution in [1.29, 1.82) is 0 Å². The van der Waals surface area contributed by atoms with Gasteiger partial charge in [0.05, 0.1) is 0 Å². The molecule has 3 rings (SSSR count). The molecule has 0 fully saturated rings. The predicted molar refractivity (Wildman–Crippen MR) is 172 cm³/mol. The summed E-state index contributed by atoms with van der Waals surface area (Å²) in [5.74, 6) is -1.12. The van der Waals surface area contributed by atoms with E-state index in [0.717, 1.165) is 35.1 Å². The van der Waals surface area contributed by atoms with Crippen LogP contribution in [0.5, 0.6) is 0 Å². The minimum absolute atomic E-state index is 0.0543. The Morgan fingerprint density at radius 3 is 1.84 bits per heavy atom. The summed E-state index contributed by atoms with van der Waals surface area (Å²) in [5, 5.41) is 15.0. The maximum atomic E-state index is 12.5. The van der Waals surface area contributed by atoms with E-state index >= 15 is 0 Å². The number of fused-ring (bicyclic) bond motifs is 3. The average Bonchev–Trinajstić information content (AvgIpc) is 3.33. The minimum atomic E-state index is -1.09. The number of hydrogen-bond donors (Lipinski definition) is 3. The molecule has 2 aromatic carbocycles. The Morgan fingerprint density at radius 1 is 0.744 bits per heavy atom. The highest BCUT2D eigenvalue weighted by Crippen LogP contribution is 2.44. The number of carboxylic acids is 1. The Kier molecular flexibility index (Phi) is 15.7. The van der Waals surface area contributed by atoms with Gasteiger partial charge in [-0.1, -0.05) is 126 Å². The summed E-state index contributed by atoms with van der Waals surface area (Å²) in [6, 6.07) is 15.1. The van der Waals surface area contributed by atoms with Crippen LogP contribution in [0.2, 0.25) is 0 Å². The van der Waals surface area contributed by atoms with Crippen molar-refractivity contribution in [2.45, 2.75) is 122 Å². The number of hydrogen-bond acceptors (Lipinski definition) is 4. The highest BCUT2D eigenvalue weighted by atomic mass is 16.5. The Bertz CT molecular complexity index is 1090. The van der Waals surface area contributed by atoms with Crippen LogP contribution < -0.4 is 10.6 Å². The van der Waals surface area contributed by atoms with Gasteiger partial charge in [0.2, 0.25) is 5.91 Å². The van der Waals surface area contributed by atoms with Crippen molar-refractivity contribution in [2.75, 3.05) is 13.2 Å². The Morgan fingerprint density at radius 2 is 1.28 bits per heavy atom. The lowest BCUT2D eigenvalue weighted by Gasteiger charge is -2.17. The number of nitrogens with one attached hydrogen (secondary N) is 2. The zero-order valence-electron chi connectivity index (χ0n) is 26.1. The van der Waals surface area contributed by atoms with E-state index < -0.39 is 18.1 Å². The number of aliphatic carboxylic acids is 1. The number of ether oxygens (including phenoxy) is 1. The van der Waals surface area contributed by atoms with Gasteiger partial charge in [0.15, 0.2) is 0 Å². The number of carbonyl (C=O) groups excluding carboxylic acids is 2. The van der Waals surface area contributed by atoms with Crippen molar-refractivity contribution in [3.63, 3.8) is 0 Å². The van der Waals surface area contributed by atoms with Crippen molar-refractivity contribution >= 4 is 18.0 Å². The Hall–Kier alpha value is -3.35. The quantitative estimate of drug-likeness (QED) is 0.119. The second-order valence-electron chi connectivity index (χ2n) is 11.8. The van der Waals surface area contributed by atoms with Crippen molar-refractivity contribution in [2.24, 2.45) is 0 Å². The third kappa shape index (κ3) is 12.0. The van der Waals surface area contributed by atoms with E-state index in [9.17, 15) is 19.5 Å². The lowest BCUT2D eigenvalue weighted by molar-refractivity contribution is -0.139. The molecule has 0 aliphatic heterocycles. The van der Waals surface area contributed by atoms with Crippen molar-refractivity contribution in [3.05, 3.63) is 59.7 Å². The van der Waals surface area contributed by atoms with Gasteiger partial charge >= 0.3 is 12.1 Å². The maximum absolute atomic E-state index is 12.5. The molecule has 1 aliphatic carbocycles. The molecule has 7 nitrogen and oxygen atoms in total. The Balaban J connectivity index is 1.22. The average molecular weight is 593 g/mol. The lowest BCUT2D eigenvalue weighted by atomic mass is 9.98. The van der Waals surface area contributed by atoms with Gasteiger partial charge in [0.25, 0.3) is 0 Å². The van der Waals surface area contributed by atoms with Crippen LogP contribution in [-0.2, 0) is 14.3 Å². The smallest absolute Gasteiger partial charge is 0.407 e. The lowest BCUT2D eigenvalue weighted by Crippen LogP contribution is -2.41. The SMILES string of the molecule is CCCCCCCCCCCCCCC(=O)NCCCCC(NC(=O)OCC1c2ccccc2-c2ccccc21)C(=O)O. The van der Waals surface area contributed by atoms with E-state index in [1.165, 1.54) is 64.2 Å². The van der Waals surface area contributed by atoms with E-state index in [1.807, 2.05) is 36.4 Å². The molecule has 0 saturated carbocycles. The van der Waals surface area contributed by atoms with Crippen LogP contribution in [0.3, 0.4) is 0 Å². The molecule has 1 atom stereocenters. The Labute approximate surface area is 258 Å². The molecule has 0 aromatic heterocycles. The fraction of sp³-hybridized carbons (Fsp3) is 0.583. The normalized spacial score (nSPS) is 12.8. The first-order chi connectivity index (χ1) is 21.0. The van der Waals surface area contributed by atoms with Gasteiger partial charge < -0.3 is 20.5 Å². The van der Waals surface area contributed by atoms with E-state index in [4.69, 9.17) is 4.74 Å². The first-order valence-corrected chi connectivity index (χ1v) is 16.6. The van der Waals surface area contributed by atoms with Crippen LogP contribution >= 0.6 is 0 Å². The van der Waals surface area contributed by atoms with Crippen molar-refractivity contribution in [3.8, 4) is 11.1 Å². The second-order valence-corrected chi connectivity index (χ2v) is 11.8. The number of alkyl carbamates (subject to hydrolysis) is 1. The number of rotatable bonds is 22. The molecule has 236 valence electrons. The van der Waals surface area contributed by atoms with Gasteiger partial charge in [-0.05, 0) is 47.9 Å². The zero-order valence-corrected chi connectivity index (χ0v) is 26.1. The molecule has 0 spiro atoms. The maximum Gasteiger partial charge on any atom is 0.407 e. The van der Waals surface area contributed by atoms with Crippen molar-refractivity contribution in [1.82, 2.24) is 10.6 Å². The fourth-order valence-electron chi connectivity index (χ4n) is 5.96. The monoisotopic (exact) mass is 592 g/mol. The van der Waals surface area contributed by atoms with Crippen LogP contribution in [0.4, 0.5) is 4.79 Å². The van der Waals surface area contributed by atoms with Crippen LogP contribution in [-0.4, -0.2) is 42.3 Å². The molecule has 43 heavy (non-hydrogen) atoms. The van der Waals surface area contributed by atoms with Crippen LogP contribution in [0.15, 0.2) is 48.5 Å². The molecule has 0 saturated heterocycles.